The molecule has 2 aromatic carbocycles. The van der Waals surface area contributed by atoms with E-state index in [0.29, 0.717) is 5.69 Å². The Kier molecular flexibility index (Phi) is 6.23. The van der Waals surface area contributed by atoms with Gasteiger partial charge in [-0.1, -0.05) is 12.1 Å². The van der Waals surface area contributed by atoms with Crippen LogP contribution in [-0.2, 0) is 0 Å². The lowest BCUT2D eigenvalue weighted by Crippen LogP contribution is -2.30. The summed E-state index contributed by atoms with van der Waals surface area (Å²) in [6, 6.07) is 14.6. The van der Waals surface area contributed by atoms with Crippen molar-refractivity contribution < 1.29 is 9.18 Å². The van der Waals surface area contributed by atoms with E-state index in [1.54, 1.807) is 24.3 Å². The maximum Gasteiger partial charge on any atom is 0.267 e. The number of nitrogens with two attached hydrogens (primary N) is 1. The third-order valence-corrected chi connectivity index (χ3v) is 5.14. The Labute approximate surface area is 179 Å². The van der Waals surface area contributed by atoms with E-state index in [1.165, 1.54) is 24.9 Å². The van der Waals surface area contributed by atoms with Crippen molar-refractivity contribution in [2.75, 3.05) is 28.6 Å². The highest BCUT2D eigenvalue weighted by Gasteiger charge is 2.14. The molecule has 1 amide bonds. The molecular formula is C22H24FN7O. The second kappa shape index (κ2) is 9.40. The summed E-state index contributed by atoms with van der Waals surface area (Å²) in [5.41, 5.74) is 4.69. The Morgan fingerprint density at radius 1 is 1.00 bits per heavy atom. The molecule has 0 bridgehead atoms. The van der Waals surface area contributed by atoms with Gasteiger partial charge < -0.3 is 15.5 Å². The van der Waals surface area contributed by atoms with E-state index in [9.17, 15) is 9.18 Å². The first-order valence-electron chi connectivity index (χ1n) is 10.2. The second-order valence-corrected chi connectivity index (χ2v) is 7.25. The van der Waals surface area contributed by atoms with E-state index >= 15 is 0 Å². The molecule has 2 heterocycles. The van der Waals surface area contributed by atoms with Gasteiger partial charge in [-0.2, -0.15) is 4.98 Å². The quantitative estimate of drug-likeness (QED) is 0.273. The molecule has 5 N–H and O–H groups in total. The molecular weight excluding hydrogens is 397 g/mol. The molecule has 8 nitrogen and oxygen atoms in total. The molecule has 9 heteroatoms. The van der Waals surface area contributed by atoms with Crippen LogP contribution in [0.4, 0.5) is 33.2 Å². The highest BCUT2D eigenvalue weighted by Crippen LogP contribution is 2.25. The highest BCUT2D eigenvalue weighted by atomic mass is 19.1. The number of nitrogens with one attached hydrogen (secondary N) is 3. The lowest BCUT2D eigenvalue weighted by atomic mass is 10.1. The number of rotatable bonds is 6. The Bertz CT molecular complexity index is 1050. The standard InChI is InChI=1S/C22H24FN7O/c23-18-14-25-22(26-15-8-10-16(11-9-15)30-12-4-1-5-13-30)28-20(18)27-19-7-3-2-6-17(19)21(31)29-24/h2-3,6-11,14H,1,4-5,12-13,24H2,(H,29,31)(H2,25,26,27,28). The van der Waals surface area contributed by atoms with Gasteiger partial charge in [0, 0.05) is 24.5 Å². The zero-order valence-electron chi connectivity index (χ0n) is 16.9. The van der Waals surface area contributed by atoms with Gasteiger partial charge in [-0.3, -0.25) is 10.2 Å². The fraction of sp³-hybridized carbons (Fsp3) is 0.227. The van der Waals surface area contributed by atoms with Crippen LogP contribution < -0.4 is 26.8 Å². The van der Waals surface area contributed by atoms with Gasteiger partial charge in [0.05, 0.1) is 17.4 Å². The number of nitrogens with zero attached hydrogens (tertiary/aromatic N) is 3. The molecule has 3 aromatic rings. The zero-order chi connectivity index (χ0) is 21.6. The van der Waals surface area contributed by atoms with Crippen molar-refractivity contribution >= 4 is 34.7 Å². The average Bonchev–Trinajstić information content (AvgIpc) is 2.82. The molecule has 1 fully saturated rings. The highest BCUT2D eigenvalue weighted by molar-refractivity contribution is 5.99. The summed E-state index contributed by atoms with van der Waals surface area (Å²) in [5.74, 6) is 4.26. The van der Waals surface area contributed by atoms with Crippen molar-refractivity contribution in [2.45, 2.75) is 19.3 Å². The molecule has 160 valence electrons. The summed E-state index contributed by atoms with van der Waals surface area (Å²) in [6.45, 7) is 2.15. The van der Waals surface area contributed by atoms with E-state index < -0.39 is 11.7 Å². The molecule has 4 rings (SSSR count). The van der Waals surface area contributed by atoms with Gasteiger partial charge in [0.25, 0.3) is 5.91 Å². The molecule has 0 saturated carbocycles. The van der Waals surface area contributed by atoms with Crippen LogP contribution in [0.15, 0.2) is 54.7 Å². The number of halogens is 1. The van der Waals surface area contributed by atoms with Crippen LogP contribution in [0, 0.1) is 5.82 Å². The van der Waals surface area contributed by atoms with Gasteiger partial charge in [-0.15, -0.1) is 0 Å². The topological polar surface area (TPSA) is 108 Å². The number of carbonyl (C=O) groups is 1. The summed E-state index contributed by atoms with van der Waals surface area (Å²) in [4.78, 5) is 22.5. The summed E-state index contributed by atoms with van der Waals surface area (Å²) < 4.78 is 14.3. The van der Waals surface area contributed by atoms with E-state index in [-0.39, 0.29) is 17.3 Å². The third kappa shape index (κ3) is 4.89. The van der Waals surface area contributed by atoms with Crippen molar-refractivity contribution in [1.29, 1.82) is 0 Å². The number of aromatic nitrogens is 2. The molecule has 1 aliphatic rings. The lowest BCUT2D eigenvalue weighted by Gasteiger charge is -2.28. The number of benzene rings is 2. The van der Waals surface area contributed by atoms with Crippen molar-refractivity contribution in [3.63, 3.8) is 0 Å². The van der Waals surface area contributed by atoms with Gasteiger partial charge >= 0.3 is 0 Å². The third-order valence-electron chi connectivity index (χ3n) is 5.14. The number of para-hydroxylation sites is 1. The second-order valence-electron chi connectivity index (χ2n) is 7.25. The summed E-state index contributed by atoms with van der Waals surface area (Å²) in [7, 11) is 0. The van der Waals surface area contributed by atoms with Gasteiger partial charge in [0.1, 0.15) is 0 Å². The Hall–Kier alpha value is -3.72. The average molecular weight is 421 g/mol. The van der Waals surface area contributed by atoms with Crippen LogP contribution in [-0.4, -0.2) is 29.0 Å². The predicted molar refractivity (Wildman–Crippen MR) is 119 cm³/mol. The van der Waals surface area contributed by atoms with E-state index in [0.717, 1.165) is 25.0 Å². The van der Waals surface area contributed by atoms with Gasteiger partial charge in [-0.25, -0.2) is 15.2 Å². The minimum Gasteiger partial charge on any atom is -0.372 e. The molecule has 0 atom stereocenters. The van der Waals surface area contributed by atoms with Crippen molar-refractivity contribution in [2.24, 2.45) is 5.84 Å². The van der Waals surface area contributed by atoms with Crippen LogP contribution in [0.2, 0.25) is 0 Å². The fourth-order valence-electron chi connectivity index (χ4n) is 3.55. The Morgan fingerprint density at radius 3 is 2.48 bits per heavy atom. The summed E-state index contributed by atoms with van der Waals surface area (Å²) in [5, 5.41) is 5.93. The number of hydrogen-bond acceptors (Lipinski definition) is 7. The van der Waals surface area contributed by atoms with Crippen molar-refractivity contribution in [1.82, 2.24) is 15.4 Å². The maximum absolute atomic E-state index is 14.3. The fourth-order valence-corrected chi connectivity index (χ4v) is 3.55. The number of hydrogen-bond donors (Lipinski definition) is 4. The molecule has 0 unspecified atom stereocenters. The number of anilines is 5. The largest absolute Gasteiger partial charge is 0.372 e. The zero-order valence-corrected chi connectivity index (χ0v) is 16.9. The minimum absolute atomic E-state index is 0.0558. The normalized spacial score (nSPS) is 13.5. The van der Waals surface area contributed by atoms with Crippen molar-refractivity contribution in [3.8, 4) is 0 Å². The molecule has 1 aromatic heterocycles. The maximum atomic E-state index is 14.3. The van der Waals surface area contributed by atoms with Gasteiger partial charge in [0.2, 0.25) is 5.95 Å². The number of hydrazine groups is 1. The molecule has 31 heavy (non-hydrogen) atoms. The van der Waals surface area contributed by atoms with Crippen LogP contribution in [0.5, 0.6) is 0 Å². The monoisotopic (exact) mass is 421 g/mol. The number of amides is 1. The molecule has 0 radical (unpaired) electrons. The molecule has 0 aliphatic carbocycles. The van der Waals surface area contributed by atoms with Gasteiger partial charge in [-0.05, 0) is 55.7 Å². The smallest absolute Gasteiger partial charge is 0.267 e. The molecule has 1 saturated heterocycles. The van der Waals surface area contributed by atoms with Crippen LogP contribution in [0.25, 0.3) is 0 Å². The van der Waals surface area contributed by atoms with Crippen LogP contribution in [0.3, 0.4) is 0 Å². The lowest BCUT2D eigenvalue weighted by molar-refractivity contribution is 0.0954. The van der Waals surface area contributed by atoms with Gasteiger partial charge in [0.15, 0.2) is 11.6 Å². The van der Waals surface area contributed by atoms with E-state index in [4.69, 9.17) is 5.84 Å². The van der Waals surface area contributed by atoms with Crippen LogP contribution >= 0.6 is 0 Å². The SMILES string of the molecule is NNC(=O)c1ccccc1Nc1nc(Nc2ccc(N3CCCCC3)cc2)ncc1F. The molecule has 1 aliphatic heterocycles. The minimum atomic E-state index is -0.644. The van der Waals surface area contributed by atoms with E-state index in [1.807, 2.05) is 12.1 Å². The predicted octanol–water partition coefficient (Wildman–Crippen LogP) is 3.70. The van der Waals surface area contributed by atoms with E-state index in [2.05, 4.69) is 43.1 Å². The van der Waals surface area contributed by atoms with Crippen molar-refractivity contribution in [3.05, 3.63) is 66.1 Å². The number of carbonyl (C=O) groups excluding carboxylic acids is 1. The summed E-state index contributed by atoms with van der Waals surface area (Å²) in [6.07, 6.45) is 4.80. The first kappa shape index (κ1) is 20.5. The molecule has 0 spiro atoms. The number of nitrogen functional groups attached to an aromatic ring is 1. The first-order valence-corrected chi connectivity index (χ1v) is 10.2. The number of piperidine rings is 1. The Morgan fingerprint density at radius 2 is 1.74 bits per heavy atom. The Balaban J connectivity index is 1.50. The summed E-state index contributed by atoms with van der Waals surface area (Å²) >= 11 is 0. The van der Waals surface area contributed by atoms with Crippen LogP contribution in [0.1, 0.15) is 29.6 Å². The first-order chi connectivity index (χ1) is 15.1.